The molecular weight excluding hydrogens is 411 g/mol. The van der Waals surface area contributed by atoms with E-state index < -0.39 is 29.0 Å². The van der Waals surface area contributed by atoms with E-state index in [-0.39, 0.29) is 23.8 Å². The summed E-state index contributed by atoms with van der Waals surface area (Å²) in [4.78, 5) is 31.6. The van der Waals surface area contributed by atoms with Crippen LogP contribution in [-0.4, -0.2) is 28.5 Å². The molecule has 0 spiro atoms. The van der Waals surface area contributed by atoms with Crippen LogP contribution in [0.1, 0.15) is 55.6 Å². The van der Waals surface area contributed by atoms with E-state index in [1.165, 1.54) is 6.07 Å². The molecule has 0 saturated heterocycles. The average Bonchev–Trinajstić information content (AvgIpc) is 2.68. The van der Waals surface area contributed by atoms with E-state index in [1.54, 1.807) is 70.2 Å². The summed E-state index contributed by atoms with van der Waals surface area (Å²) in [5, 5.41) is 0. The zero-order valence-corrected chi connectivity index (χ0v) is 18.9. The predicted octanol–water partition coefficient (Wildman–Crippen LogP) is 5.72. The van der Waals surface area contributed by atoms with Crippen LogP contribution in [0.15, 0.2) is 65.9 Å². The van der Waals surface area contributed by atoms with Gasteiger partial charge in [0.2, 0.25) is 0 Å². The van der Waals surface area contributed by atoms with Crippen molar-refractivity contribution in [2.45, 2.75) is 52.2 Å². The van der Waals surface area contributed by atoms with Crippen LogP contribution in [-0.2, 0) is 15.0 Å². The molecule has 1 aliphatic rings. The van der Waals surface area contributed by atoms with Crippen molar-refractivity contribution in [3.63, 3.8) is 0 Å². The van der Waals surface area contributed by atoms with Crippen molar-refractivity contribution >= 4 is 18.0 Å². The normalized spacial score (nSPS) is 18.4. The Kier molecular flexibility index (Phi) is 6.21. The number of rotatable bonds is 2. The van der Waals surface area contributed by atoms with Crippen LogP contribution in [0.25, 0.3) is 0 Å². The summed E-state index contributed by atoms with van der Waals surface area (Å²) in [5.74, 6) is -0.887. The fraction of sp³-hybridized carbons (Fsp3) is 0.320. The second-order valence-corrected chi connectivity index (χ2v) is 8.96. The number of hydrogen-bond donors (Lipinski definition) is 0. The molecule has 0 fully saturated rings. The summed E-state index contributed by atoms with van der Waals surface area (Å²) in [7, 11) is 0. The molecule has 0 aliphatic carbocycles. The van der Waals surface area contributed by atoms with E-state index in [1.807, 2.05) is 6.92 Å². The van der Waals surface area contributed by atoms with Gasteiger partial charge in [0, 0.05) is 17.5 Å². The Morgan fingerprint density at radius 2 is 1.84 bits per heavy atom. The lowest BCUT2D eigenvalue weighted by atomic mass is 9.86. The summed E-state index contributed by atoms with van der Waals surface area (Å²) >= 11 is 0. The van der Waals surface area contributed by atoms with E-state index >= 15 is 0 Å². The van der Waals surface area contributed by atoms with E-state index in [4.69, 9.17) is 9.47 Å². The molecule has 0 saturated carbocycles. The van der Waals surface area contributed by atoms with Crippen molar-refractivity contribution < 1.29 is 23.5 Å². The number of benzene rings is 2. The first-order valence-electron chi connectivity index (χ1n) is 10.2. The SMILES string of the molecule is C=C1C[C@@](C)(c2cc(C)ccc2F)N=C(N(C(=O)OC(C)(C)C)C(=O)c2ccccc2)O1. The highest BCUT2D eigenvalue weighted by Crippen LogP contribution is 2.38. The first-order chi connectivity index (χ1) is 14.9. The molecule has 32 heavy (non-hydrogen) atoms. The Morgan fingerprint density at radius 3 is 2.47 bits per heavy atom. The number of nitrogens with zero attached hydrogens (tertiary/aromatic N) is 2. The number of carbonyl (C=O) groups is 2. The molecule has 2 aromatic rings. The molecule has 1 atom stereocenters. The Balaban J connectivity index is 2.13. The van der Waals surface area contributed by atoms with Crippen molar-refractivity contribution in [2.24, 2.45) is 4.99 Å². The molecule has 168 valence electrons. The Hall–Kier alpha value is -3.48. The molecule has 1 aliphatic heterocycles. The quantitative estimate of drug-likeness (QED) is 0.602. The first kappa shape index (κ1) is 23.2. The molecule has 0 aromatic heterocycles. The highest BCUT2D eigenvalue weighted by Gasteiger charge is 2.41. The molecule has 0 bridgehead atoms. The van der Waals surface area contributed by atoms with Crippen LogP contribution < -0.4 is 0 Å². The third-order valence-electron chi connectivity index (χ3n) is 4.81. The molecule has 1 heterocycles. The minimum absolute atomic E-state index is 0.179. The lowest BCUT2D eigenvalue weighted by Crippen LogP contribution is -2.48. The fourth-order valence-corrected chi connectivity index (χ4v) is 3.39. The second kappa shape index (κ2) is 8.57. The molecule has 2 amide bonds. The van der Waals surface area contributed by atoms with Crippen molar-refractivity contribution in [3.8, 4) is 0 Å². The lowest BCUT2D eigenvalue weighted by Gasteiger charge is -2.35. The lowest BCUT2D eigenvalue weighted by molar-refractivity contribution is 0.0311. The summed E-state index contributed by atoms with van der Waals surface area (Å²) in [6, 6.07) is 12.6. The Morgan fingerprint density at radius 1 is 1.19 bits per heavy atom. The summed E-state index contributed by atoms with van der Waals surface area (Å²) in [6.07, 6.45) is -0.773. The van der Waals surface area contributed by atoms with Gasteiger partial charge in [-0.25, -0.2) is 14.2 Å². The van der Waals surface area contributed by atoms with E-state index in [2.05, 4.69) is 11.6 Å². The zero-order chi connectivity index (χ0) is 23.7. The minimum atomic E-state index is -1.14. The van der Waals surface area contributed by atoms with Gasteiger partial charge in [-0.05, 0) is 52.8 Å². The maximum Gasteiger partial charge on any atom is 0.425 e. The Labute approximate surface area is 187 Å². The minimum Gasteiger partial charge on any atom is -0.443 e. The highest BCUT2D eigenvalue weighted by atomic mass is 19.1. The number of halogens is 1. The molecule has 2 aromatic carbocycles. The van der Waals surface area contributed by atoms with Gasteiger partial charge in [0.05, 0.1) is 5.54 Å². The van der Waals surface area contributed by atoms with E-state index in [0.717, 1.165) is 10.5 Å². The molecule has 0 N–H and O–H groups in total. The Bertz CT molecular complexity index is 1090. The van der Waals surface area contributed by atoms with Gasteiger partial charge in [0.1, 0.15) is 17.2 Å². The maximum atomic E-state index is 14.7. The predicted molar refractivity (Wildman–Crippen MR) is 120 cm³/mol. The standard InChI is InChI=1S/C25H27FN2O4/c1-16-12-13-20(26)19(14-16)25(6)15-17(2)31-22(27-25)28(23(30)32-24(3,4)5)21(29)18-10-8-7-9-11-18/h7-14H,2,15H2,1,3-6H3/t25-/m0/s1. The molecule has 0 unspecified atom stereocenters. The number of hydrogen-bond acceptors (Lipinski definition) is 5. The van der Waals surface area contributed by atoms with Crippen LogP contribution in [0.5, 0.6) is 0 Å². The van der Waals surface area contributed by atoms with E-state index in [9.17, 15) is 14.0 Å². The number of ether oxygens (including phenoxy) is 2. The summed E-state index contributed by atoms with van der Waals surface area (Å²) in [6.45, 7) is 12.5. The monoisotopic (exact) mass is 438 g/mol. The summed E-state index contributed by atoms with van der Waals surface area (Å²) in [5.41, 5.74) is -0.608. The third-order valence-corrected chi connectivity index (χ3v) is 4.81. The highest BCUT2D eigenvalue weighted by molar-refractivity contribution is 6.14. The molecular formula is C25H27FN2O4. The number of carbonyl (C=O) groups excluding carboxylic acids is 2. The molecule has 0 radical (unpaired) electrons. The first-order valence-corrected chi connectivity index (χ1v) is 10.2. The van der Waals surface area contributed by atoms with Crippen LogP contribution in [0, 0.1) is 12.7 Å². The molecule has 7 heteroatoms. The van der Waals surface area contributed by atoms with Crippen molar-refractivity contribution in [3.05, 3.63) is 83.4 Å². The van der Waals surface area contributed by atoms with Gasteiger partial charge in [-0.2, -0.15) is 4.90 Å². The van der Waals surface area contributed by atoms with Gasteiger partial charge in [-0.3, -0.25) is 4.79 Å². The topological polar surface area (TPSA) is 68.2 Å². The van der Waals surface area contributed by atoms with Crippen molar-refractivity contribution in [1.29, 1.82) is 0 Å². The maximum absolute atomic E-state index is 14.7. The van der Waals surface area contributed by atoms with Crippen molar-refractivity contribution in [2.75, 3.05) is 0 Å². The van der Waals surface area contributed by atoms with Gasteiger partial charge < -0.3 is 9.47 Å². The summed E-state index contributed by atoms with van der Waals surface area (Å²) < 4.78 is 25.8. The van der Waals surface area contributed by atoms with Crippen LogP contribution in [0.3, 0.4) is 0 Å². The molecule has 6 nitrogen and oxygen atoms in total. The van der Waals surface area contributed by atoms with E-state index in [0.29, 0.717) is 5.56 Å². The van der Waals surface area contributed by atoms with Gasteiger partial charge in [-0.15, -0.1) is 0 Å². The fourth-order valence-electron chi connectivity index (χ4n) is 3.39. The zero-order valence-electron chi connectivity index (χ0n) is 18.9. The number of aliphatic imine (C=N–C) groups is 1. The number of amidine groups is 1. The van der Waals surface area contributed by atoms with Gasteiger partial charge in [-0.1, -0.05) is 42.5 Å². The number of amides is 2. The van der Waals surface area contributed by atoms with Crippen molar-refractivity contribution in [1.82, 2.24) is 4.90 Å². The number of imide groups is 1. The largest absolute Gasteiger partial charge is 0.443 e. The van der Waals surface area contributed by atoms with Crippen LogP contribution in [0.4, 0.5) is 9.18 Å². The average molecular weight is 438 g/mol. The number of aryl methyl sites for hydroxylation is 1. The van der Waals surface area contributed by atoms with Crippen LogP contribution in [0.2, 0.25) is 0 Å². The van der Waals surface area contributed by atoms with Crippen LogP contribution >= 0.6 is 0 Å². The second-order valence-electron chi connectivity index (χ2n) is 8.96. The van der Waals surface area contributed by atoms with Gasteiger partial charge >= 0.3 is 12.1 Å². The third kappa shape index (κ3) is 5.04. The smallest absolute Gasteiger partial charge is 0.425 e. The molecule has 3 rings (SSSR count). The van der Waals surface area contributed by atoms with Gasteiger partial charge in [0.15, 0.2) is 0 Å². The van der Waals surface area contributed by atoms with Gasteiger partial charge in [0.25, 0.3) is 5.91 Å².